The highest BCUT2D eigenvalue weighted by Crippen LogP contribution is 2.10. The van der Waals surface area contributed by atoms with Crippen molar-refractivity contribution in [2.24, 2.45) is 0 Å². The molecule has 1 fully saturated rings. The van der Waals surface area contributed by atoms with Crippen LogP contribution in [0.1, 0.15) is 44.1 Å². The Balaban J connectivity index is 1.69. The second-order valence-corrected chi connectivity index (χ2v) is 6.64. The second kappa shape index (κ2) is 7.79. The minimum Gasteiger partial charge on any atom is -0.332 e. The van der Waals surface area contributed by atoms with Gasteiger partial charge in [-0.25, -0.2) is 9.78 Å². The summed E-state index contributed by atoms with van der Waals surface area (Å²) in [6.07, 6.45) is 4.20. The average molecular weight is 333 g/mol. The van der Waals surface area contributed by atoms with Crippen molar-refractivity contribution < 1.29 is 4.79 Å². The standard InChI is InChI=1S/C17H27N5O2/c1-2-6-20-7-5-10-22-15(13-20)19-14(11-16(22)23)12-18-17(24)21-8-3-4-9-21/h11H,2-10,12-13H2,1H3,(H,18,24). The fourth-order valence-electron chi connectivity index (χ4n) is 3.49. The summed E-state index contributed by atoms with van der Waals surface area (Å²) >= 11 is 0. The summed E-state index contributed by atoms with van der Waals surface area (Å²) in [6.45, 7) is 7.56. The summed E-state index contributed by atoms with van der Waals surface area (Å²) in [6, 6.07) is 1.50. The van der Waals surface area contributed by atoms with Crippen LogP contribution in [0.3, 0.4) is 0 Å². The molecule has 0 bridgehead atoms. The number of carbonyl (C=O) groups is 1. The van der Waals surface area contributed by atoms with Gasteiger partial charge >= 0.3 is 6.03 Å². The van der Waals surface area contributed by atoms with E-state index < -0.39 is 0 Å². The van der Waals surface area contributed by atoms with E-state index in [1.165, 1.54) is 0 Å². The van der Waals surface area contributed by atoms with Gasteiger partial charge in [0.05, 0.1) is 18.8 Å². The highest BCUT2D eigenvalue weighted by Gasteiger charge is 2.19. The number of hydrogen-bond acceptors (Lipinski definition) is 4. The molecule has 2 amide bonds. The van der Waals surface area contributed by atoms with Gasteiger partial charge < -0.3 is 10.2 Å². The fraction of sp³-hybridized carbons (Fsp3) is 0.706. The van der Waals surface area contributed by atoms with E-state index in [0.717, 1.165) is 64.2 Å². The Morgan fingerprint density at radius 1 is 1.21 bits per heavy atom. The molecule has 1 N–H and O–H groups in total. The Morgan fingerprint density at radius 3 is 2.75 bits per heavy atom. The number of likely N-dealkylation sites (tertiary alicyclic amines) is 1. The summed E-state index contributed by atoms with van der Waals surface area (Å²) in [5, 5.41) is 2.89. The number of nitrogens with one attached hydrogen (secondary N) is 1. The van der Waals surface area contributed by atoms with Crippen molar-refractivity contribution >= 4 is 6.03 Å². The summed E-state index contributed by atoms with van der Waals surface area (Å²) in [7, 11) is 0. The zero-order valence-electron chi connectivity index (χ0n) is 14.5. The Labute approximate surface area is 142 Å². The molecule has 0 spiro atoms. The third-order valence-corrected chi connectivity index (χ3v) is 4.72. The first-order valence-electron chi connectivity index (χ1n) is 9.02. The largest absolute Gasteiger partial charge is 0.332 e. The van der Waals surface area contributed by atoms with Gasteiger partial charge in [-0.3, -0.25) is 14.3 Å². The van der Waals surface area contributed by atoms with E-state index >= 15 is 0 Å². The monoisotopic (exact) mass is 333 g/mol. The maximum absolute atomic E-state index is 12.4. The quantitative estimate of drug-likeness (QED) is 0.898. The van der Waals surface area contributed by atoms with Gasteiger partial charge in [0.15, 0.2) is 0 Å². The lowest BCUT2D eigenvalue weighted by Crippen LogP contribution is -2.38. The highest BCUT2D eigenvalue weighted by molar-refractivity contribution is 5.74. The third-order valence-electron chi connectivity index (χ3n) is 4.72. The molecule has 0 radical (unpaired) electrons. The first-order chi connectivity index (χ1) is 11.7. The minimum absolute atomic E-state index is 0.0104. The minimum atomic E-state index is -0.0584. The van der Waals surface area contributed by atoms with Crippen LogP contribution in [0.4, 0.5) is 4.79 Å². The molecule has 3 rings (SSSR count). The van der Waals surface area contributed by atoms with E-state index in [1.54, 1.807) is 10.6 Å². The molecule has 132 valence electrons. The Bertz CT molecular complexity index is 636. The molecule has 2 aliphatic heterocycles. The zero-order chi connectivity index (χ0) is 16.9. The summed E-state index contributed by atoms with van der Waals surface area (Å²) in [5.41, 5.74) is 0.640. The highest BCUT2D eigenvalue weighted by atomic mass is 16.2. The summed E-state index contributed by atoms with van der Waals surface area (Å²) in [4.78, 5) is 33.3. The van der Waals surface area contributed by atoms with Crippen LogP contribution in [0.25, 0.3) is 0 Å². The van der Waals surface area contributed by atoms with Crippen LogP contribution in [0.5, 0.6) is 0 Å². The predicted octanol–water partition coefficient (Wildman–Crippen LogP) is 1.16. The average Bonchev–Trinajstić information content (AvgIpc) is 3.02. The Kier molecular flexibility index (Phi) is 5.50. The van der Waals surface area contributed by atoms with Crippen molar-refractivity contribution in [3.8, 4) is 0 Å². The Hall–Kier alpha value is -1.89. The molecule has 0 unspecified atom stereocenters. The summed E-state index contributed by atoms with van der Waals surface area (Å²) < 4.78 is 1.78. The first-order valence-corrected chi connectivity index (χ1v) is 9.02. The van der Waals surface area contributed by atoms with Gasteiger partial charge in [0, 0.05) is 32.2 Å². The summed E-state index contributed by atoms with van der Waals surface area (Å²) in [5.74, 6) is 0.818. The molecular formula is C17H27N5O2. The van der Waals surface area contributed by atoms with Gasteiger partial charge in [-0.1, -0.05) is 6.92 Å². The van der Waals surface area contributed by atoms with Crippen molar-refractivity contribution in [1.29, 1.82) is 0 Å². The molecule has 3 heterocycles. The van der Waals surface area contributed by atoms with E-state index in [-0.39, 0.29) is 11.6 Å². The van der Waals surface area contributed by atoms with Crippen molar-refractivity contribution in [3.63, 3.8) is 0 Å². The van der Waals surface area contributed by atoms with Crippen LogP contribution in [-0.4, -0.2) is 51.6 Å². The lowest BCUT2D eigenvalue weighted by Gasteiger charge is -2.19. The molecule has 2 aliphatic rings. The SMILES string of the molecule is CCCN1CCCn2c(nc(CNC(=O)N3CCCC3)cc2=O)C1. The van der Waals surface area contributed by atoms with Gasteiger partial charge in [0.25, 0.3) is 5.56 Å². The maximum atomic E-state index is 12.4. The molecule has 0 atom stereocenters. The van der Waals surface area contributed by atoms with Gasteiger partial charge in [-0.2, -0.15) is 0 Å². The normalized spacial score (nSPS) is 18.3. The number of hydrogen-bond donors (Lipinski definition) is 1. The predicted molar refractivity (Wildman–Crippen MR) is 91.7 cm³/mol. The van der Waals surface area contributed by atoms with Crippen LogP contribution in [0.15, 0.2) is 10.9 Å². The van der Waals surface area contributed by atoms with Gasteiger partial charge in [-0.15, -0.1) is 0 Å². The van der Waals surface area contributed by atoms with Crippen molar-refractivity contribution in [1.82, 2.24) is 24.7 Å². The molecule has 1 saturated heterocycles. The number of carbonyl (C=O) groups excluding carboxylic acids is 1. The molecule has 7 heteroatoms. The van der Waals surface area contributed by atoms with Gasteiger partial charge in [-0.05, 0) is 32.2 Å². The molecule has 0 saturated carbocycles. The third kappa shape index (κ3) is 3.95. The number of rotatable bonds is 4. The van der Waals surface area contributed by atoms with E-state index in [2.05, 4.69) is 22.1 Å². The number of amides is 2. The Morgan fingerprint density at radius 2 is 2.00 bits per heavy atom. The first kappa shape index (κ1) is 17.0. The van der Waals surface area contributed by atoms with E-state index in [9.17, 15) is 9.59 Å². The number of fused-ring (bicyclic) bond motifs is 1. The van der Waals surface area contributed by atoms with Crippen LogP contribution in [-0.2, 0) is 19.6 Å². The number of urea groups is 1. The lowest BCUT2D eigenvalue weighted by molar-refractivity contribution is 0.208. The van der Waals surface area contributed by atoms with Crippen molar-refractivity contribution in [3.05, 3.63) is 27.9 Å². The van der Waals surface area contributed by atoms with Gasteiger partial charge in [0.1, 0.15) is 5.82 Å². The zero-order valence-corrected chi connectivity index (χ0v) is 14.5. The van der Waals surface area contributed by atoms with Crippen LogP contribution in [0.2, 0.25) is 0 Å². The number of nitrogens with zero attached hydrogens (tertiary/aromatic N) is 4. The van der Waals surface area contributed by atoms with Crippen LogP contribution >= 0.6 is 0 Å². The molecule has 1 aromatic rings. The second-order valence-electron chi connectivity index (χ2n) is 6.64. The molecular weight excluding hydrogens is 306 g/mol. The molecule has 24 heavy (non-hydrogen) atoms. The van der Waals surface area contributed by atoms with Crippen molar-refractivity contribution in [2.45, 2.75) is 52.2 Å². The van der Waals surface area contributed by atoms with E-state index in [4.69, 9.17) is 0 Å². The van der Waals surface area contributed by atoms with E-state index in [1.807, 2.05) is 4.90 Å². The topological polar surface area (TPSA) is 70.5 Å². The smallest absolute Gasteiger partial charge is 0.317 e. The molecule has 7 nitrogen and oxygen atoms in total. The molecule has 1 aromatic heterocycles. The van der Waals surface area contributed by atoms with Crippen LogP contribution in [0, 0.1) is 0 Å². The van der Waals surface area contributed by atoms with E-state index in [0.29, 0.717) is 18.8 Å². The fourth-order valence-corrected chi connectivity index (χ4v) is 3.49. The van der Waals surface area contributed by atoms with Gasteiger partial charge in [0.2, 0.25) is 0 Å². The number of aromatic nitrogens is 2. The van der Waals surface area contributed by atoms with Crippen molar-refractivity contribution in [2.75, 3.05) is 26.2 Å². The molecule has 0 aromatic carbocycles. The van der Waals surface area contributed by atoms with Crippen LogP contribution < -0.4 is 10.9 Å². The maximum Gasteiger partial charge on any atom is 0.317 e. The molecule has 0 aliphatic carbocycles. The lowest BCUT2D eigenvalue weighted by atomic mass is 10.3.